The second-order valence-corrected chi connectivity index (χ2v) is 2.21. The Morgan fingerprint density at radius 3 is 2.67 bits per heavy atom. The summed E-state index contributed by atoms with van der Waals surface area (Å²) < 4.78 is 0. The quantitative estimate of drug-likeness (QED) is 0.429. The average Bonchev–Trinajstić information content (AvgIpc) is 2.05. The van der Waals surface area contributed by atoms with Gasteiger partial charge in [-0.05, 0) is 6.92 Å². The number of rotatable bonds is 1. The van der Waals surface area contributed by atoms with Crippen LogP contribution in [0.5, 0.6) is 0 Å². The number of Topliss-reactive ketones (excluding diaryl/α,β-unsaturated/α-hetero) is 1. The molecule has 0 radical (unpaired) electrons. The molecule has 0 saturated heterocycles. The van der Waals surface area contributed by atoms with Gasteiger partial charge in [-0.25, -0.2) is 0 Å². The zero-order valence-corrected chi connectivity index (χ0v) is 7.25. The maximum Gasteiger partial charge on any atom is 0.385 e. The first kappa shape index (κ1) is 10.6. The first-order valence-corrected chi connectivity index (χ1v) is 3.20. The first-order valence-electron chi connectivity index (χ1n) is 3.20. The Hall–Kier alpha value is -1.40. The van der Waals surface area contributed by atoms with Crippen LogP contribution in [0.1, 0.15) is 17.3 Å². The van der Waals surface area contributed by atoms with Crippen LogP contribution < -0.4 is 12.4 Å². The third kappa shape index (κ3) is 2.33. The van der Waals surface area contributed by atoms with E-state index >= 15 is 0 Å². The number of hydrogen-bond donors (Lipinski definition) is 0. The van der Waals surface area contributed by atoms with E-state index in [0.717, 1.165) is 0 Å². The van der Waals surface area contributed by atoms with E-state index in [1.54, 1.807) is 18.2 Å². The van der Waals surface area contributed by atoms with Crippen molar-refractivity contribution >= 4 is 11.5 Å². The van der Waals surface area contributed by atoms with Crippen molar-refractivity contribution in [2.75, 3.05) is 0 Å². The molecule has 0 unspecified atom stereocenters. The molecule has 3 nitrogen and oxygen atoms in total. The van der Waals surface area contributed by atoms with Gasteiger partial charge >= 0.3 is 5.69 Å². The van der Waals surface area contributed by atoms with Crippen molar-refractivity contribution in [2.45, 2.75) is 6.92 Å². The van der Waals surface area contributed by atoms with Crippen molar-refractivity contribution in [1.82, 2.24) is 0 Å². The number of benzene rings is 1. The summed E-state index contributed by atoms with van der Waals surface area (Å²) in [5.74, 6) is -0.0319. The van der Waals surface area contributed by atoms with Crippen LogP contribution >= 0.6 is 0 Å². The fourth-order valence-corrected chi connectivity index (χ4v) is 0.787. The van der Waals surface area contributed by atoms with Crippen molar-refractivity contribution in [1.29, 1.82) is 5.39 Å². The highest BCUT2D eigenvalue weighted by atomic mass is 35.5. The van der Waals surface area contributed by atoms with Gasteiger partial charge in [0.15, 0.2) is 10.8 Å². The van der Waals surface area contributed by atoms with E-state index in [9.17, 15) is 4.79 Å². The molecule has 0 aliphatic carbocycles. The van der Waals surface area contributed by atoms with Crippen molar-refractivity contribution in [3.63, 3.8) is 0 Å². The molecule has 0 spiro atoms. The Morgan fingerprint density at radius 1 is 1.50 bits per heavy atom. The second-order valence-electron chi connectivity index (χ2n) is 2.21. The van der Waals surface area contributed by atoms with Gasteiger partial charge in [-0.15, -0.1) is 0 Å². The van der Waals surface area contributed by atoms with Gasteiger partial charge in [0, 0.05) is 17.7 Å². The predicted molar refractivity (Wildman–Crippen MR) is 41.2 cm³/mol. The summed E-state index contributed by atoms with van der Waals surface area (Å²) >= 11 is 0. The number of carbonyl (C=O) groups excluding carboxylic acids is 1. The molecule has 0 atom stereocenters. The van der Waals surface area contributed by atoms with Crippen LogP contribution in [0.15, 0.2) is 24.3 Å². The topological polar surface area (TPSA) is 45.2 Å². The van der Waals surface area contributed by atoms with Crippen LogP contribution in [-0.4, -0.2) is 5.78 Å². The molecule has 0 aliphatic heterocycles. The Morgan fingerprint density at radius 2 is 2.17 bits per heavy atom. The number of carbonyl (C=O) groups is 1. The van der Waals surface area contributed by atoms with E-state index in [0.29, 0.717) is 11.3 Å². The maximum absolute atomic E-state index is 10.8. The fraction of sp³-hybridized carbons (Fsp3) is 0.125. The molecule has 0 saturated carbocycles. The Balaban J connectivity index is 0.00000121. The van der Waals surface area contributed by atoms with E-state index in [1.807, 2.05) is 0 Å². The lowest BCUT2D eigenvalue weighted by Gasteiger charge is -1.88. The third-order valence-electron chi connectivity index (χ3n) is 1.37. The summed E-state index contributed by atoms with van der Waals surface area (Å²) in [6, 6.07) is 6.50. The lowest BCUT2D eigenvalue weighted by Crippen LogP contribution is -3.00. The summed E-state index contributed by atoms with van der Waals surface area (Å²) in [6.07, 6.45) is 0. The van der Waals surface area contributed by atoms with Gasteiger partial charge in [0.2, 0.25) is 5.39 Å². The Kier molecular flexibility index (Phi) is 3.95. The minimum Gasteiger partial charge on any atom is -1.00 e. The highest BCUT2D eigenvalue weighted by molar-refractivity contribution is 5.94. The van der Waals surface area contributed by atoms with E-state index < -0.39 is 0 Å². The normalized spacial score (nSPS) is 8.00. The lowest BCUT2D eigenvalue weighted by atomic mass is 10.1. The largest absolute Gasteiger partial charge is 1.00 e. The molecule has 62 valence electrons. The maximum atomic E-state index is 10.8. The number of halogens is 1. The summed E-state index contributed by atoms with van der Waals surface area (Å²) in [4.78, 5) is 13.8. The van der Waals surface area contributed by atoms with Crippen LogP contribution in [-0.2, 0) is 0 Å². The summed E-state index contributed by atoms with van der Waals surface area (Å²) in [5, 5.41) is 8.36. The summed E-state index contributed by atoms with van der Waals surface area (Å²) in [5.41, 5.74) is 0.956. The van der Waals surface area contributed by atoms with Crippen LogP contribution in [0, 0.1) is 5.39 Å². The molecule has 0 bridgehead atoms. The van der Waals surface area contributed by atoms with Gasteiger partial charge in [-0.3, -0.25) is 4.79 Å². The van der Waals surface area contributed by atoms with Crippen molar-refractivity contribution in [3.8, 4) is 0 Å². The molecular weight excluding hydrogens is 176 g/mol. The van der Waals surface area contributed by atoms with Gasteiger partial charge in [-0.1, -0.05) is 12.1 Å². The second kappa shape index (κ2) is 4.47. The highest BCUT2D eigenvalue weighted by Crippen LogP contribution is 2.13. The standard InChI is InChI=1S/C8H7N2O.ClH/c1-6(11)7-3-2-4-8(5-7)10-9;/h2-5H,1H3;1H/q+1;/p-1. The van der Waals surface area contributed by atoms with Crippen LogP contribution in [0.3, 0.4) is 0 Å². The molecule has 0 heterocycles. The summed E-state index contributed by atoms with van der Waals surface area (Å²) in [6.45, 7) is 1.47. The minimum atomic E-state index is -0.0319. The molecule has 12 heavy (non-hydrogen) atoms. The monoisotopic (exact) mass is 182 g/mol. The van der Waals surface area contributed by atoms with E-state index in [1.165, 1.54) is 13.0 Å². The molecule has 0 N–H and O–H groups in total. The zero-order chi connectivity index (χ0) is 8.27. The van der Waals surface area contributed by atoms with Crippen molar-refractivity contribution in [3.05, 3.63) is 34.8 Å². The highest BCUT2D eigenvalue weighted by Gasteiger charge is 2.06. The van der Waals surface area contributed by atoms with Gasteiger partial charge in [-0.2, -0.15) is 0 Å². The van der Waals surface area contributed by atoms with Gasteiger partial charge in [0.1, 0.15) is 0 Å². The van der Waals surface area contributed by atoms with E-state index in [2.05, 4.69) is 4.98 Å². The lowest BCUT2D eigenvalue weighted by molar-refractivity contribution is -0.0000105. The van der Waals surface area contributed by atoms with Crippen LogP contribution in [0.4, 0.5) is 5.69 Å². The molecule has 4 heteroatoms. The van der Waals surface area contributed by atoms with Crippen molar-refractivity contribution < 1.29 is 17.2 Å². The van der Waals surface area contributed by atoms with Gasteiger partial charge in [0.05, 0.1) is 0 Å². The number of diazo groups is 1. The Bertz CT molecular complexity index is 330. The summed E-state index contributed by atoms with van der Waals surface area (Å²) in [7, 11) is 0. The molecule has 0 aromatic heterocycles. The van der Waals surface area contributed by atoms with Gasteiger partial charge in [0.25, 0.3) is 0 Å². The number of ketones is 1. The smallest absolute Gasteiger partial charge is 0.385 e. The molecular formula is C8H7ClN2O. The molecule has 1 aromatic carbocycles. The van der Waals surface area contributed by atoms with Gasteiger partial charge < -0.3 is 12.4 Å². The molecule has 0 fully saturated rings. The average molecular weight is 183 g/mol. The number of nitrogens with zero attached hydrogens (tertiary/aromatic N) is 2. The minimum absolute atomic E-state index is 0. The molecule has 0 aliphatic rings. The SMILES string of the molecule is CC(=O)c1cccc([N+]#N)c1.[Cl-]. The third-order valence-corrected chi connectivity index (χ3v) is 1.37. The van der Waals surface area contributed by atoms with Crippen molar-refractivity contribution in [2.24, 2.45) is 0 Å². The first-order chi connectivity index (χ1) is 5.24. The Labute approximate surface area is 76.4 Å². The molecule has 0 amide bonds. The predicted octanol–water partition coefficient (Wildman–Crippen LogP) is -0.622. The molecule has 1 aromatic rings. The van der Waals surface area contributed by atoms with Crippen LogP contribution in [0.2, 0.25) is 0 Å². The molecule has 1 rings (SSSR count). The van der Waals surface area contributed by atoms with E-state index in [4.69, 9.17) is 5.39 Å². The van der Waals surface area contributed by atoms with Crippen LogP contribution in [0.25, 0.3) is 4.98 Å². The van der Waals surface area contributed by atoms with E-state index in [-0.39, 0.29) is 18.2 Å². The zero-order valence-electron chi connectivity index (χ0n) is 6.49. The fourth-order valence-electron chi connectivity index (χ4n) is 0.787. The number of hydrogen-bond acceptors (Lipinski definition) is 2.